The van der Waals surface area contributed by atoms with Crippen molar-refractivity contribution < 1.29 is 29.7 Å². The van der Waals surface area contributed by atoms with Crippen LogP contribution in [0.15, 0.2) is 24.4 Å². The first-order chi connectivity index (χ1) is 8.91. The first kappa shape index (κ1) is 12.5. The predicted octanol–water partition coefficient (Wildman–Crippen LogP) is 1.33. The Labute approximate surface area is 105 Å². The van der Waals surface area contributed by atoms with Crippen LogP contribution >= 0.6 is 0 Å². The molecule has 0 unspecified atom stereocenters. The van der Waals surface area contributed by atoms with Crippen LogP contribution in [0.4, 0.5) is 0 Å². The topological polar surface area (TPSA) is 125 Å². The summed E-state index contributed by atoms with van der Waals surface area (Å²) >= 11 is 0. The van der Waals surface area contributed by atoms with E-state index in [1.54, 1.807) is 0 Å². The molecular weight excluding hydrogens is 254 g/mol. The number of nitrogens with zero attached hydrogens (tertiary/aromatic N) is 1. The minimum absolute atomic E-state index is 0.0580. The molecule has 0 amide bonds. The fourth-order valence-electron chi connectivity index (χ4n) is 1.71. The Morgan fingerprint density at radius 2 is 1.63 bits per heavy atom. The van der Waals surface area contributed by atoms with Crippen LogP contribution in [0.25, 0.3) is 10.9 Å². The normalized spacial score (nSPS) is 10.3. The average Bonchev–Trinajstić information content (AvgIpc) is 2.35. The quantitative estimate of drug-likeness (QED) is 0.760. The molecule has 0 spiro atoms. The van der Waals surface area contributed by atoms with Gasteiger partial charge < -0.3 is 15.3 Å². The van der Waals surface area contributed by atoms with Crippen molar-refractivity contribution in [1.29, 1.82) is 0 Å². The Bertz CT molecular complexity index is 721. The largest absolute Gasteiger partial charge is 0.478 e. The van der Waals surface area contributed by atoms with Gasteiger partial charge in [0.1, 0.15) is 5.56 Å². The summed E-state index contributed by atoms with van der Waals surface area (Å²) in [6, 6.07) is 3.68. The van der Waals surface area contributed by atoms with E-state index in [4.69, 9.17) is 15.3 Å². The van der Waals surface area contributed by atoms with Crippen molar-refractivity contribution in [3.05, 3.63) is 41.1 Å². The summed E-state index contributed by atoms with van der Waals surface area (Å²) in [6.07, 6.45) is 0.989. The van der Waals surface area contributed by atoms with Crippen molar-refractivity contribution in [2.24, 2.45) is 0 Å². The van der Waals surface area contributed by atoms with Crippen molar-refractivity contribution in [1.82, 2.24) is 4.98 Å². The third kappa shape index (κ3) is 2.08. The summed E-state index contributed by atoms with van der Waals surface area (Å²) in [4.78, 5) is 36.6. The van der Waals surface area contributed by atoms with Gasteiger partial charge >= 0.3 is 17.9 Å². The number of aromatic carboxylic acids is 3. The van der Waals surface area contributed by atoms with E-state index in [2.05, 4.69) is 4.98 Å². The highest BCUT2D eigenvalue weighted by atomic mass is 16.4. The number of carboxylic acids is 3. The van der Waals surface area contributed by atoms with Crippen LogP contribution in [-0.2, 0) is 0 Å². The van der Waals surface area contributed by atoms with Gasteiger partial charge in [-0.25, -0.2) is 14.4 Å². The molecule has 7 heteroatoms. The van der Waals surface area contributed by atoms with Crippen molar-refractivity contribution >= 4 is 28.8 Å². The summed E-state index contributed by atoms with van der Waals surface area (Å²) < 4.78 is 0. The highest BCUT2D eigenvalue weighted by molar-refractivity contribution is 6.11. The van der Waals surface area contributed by atoms with Crippen molar-refractivity contribution in [3.63, 3.8) is 0 Å². The Morgan fingerprint density at radius 1 is 0.947 bits per heavy atom. The van der Waals surface area contributed by atoms with Crippen LogP contribution in [-0.4, -0.2) is 38.2 Å². The minimum atomic E-state index is -1.43. The Kier molecular flexibility index (Phi) is 2.88. The number of fused-ring (bicyclic) bond motifs is 1. The fraction of sp³-hybridized carbons (Fsp3) is 0. The molecule has 0 aliphatic rings. The molecular formula is C12H7NO6. The second-order valence-electron chi connectivity index (χ2n) is 3.70. The van der Waals surface area contributed by atoms with E-state index in [1.165, 1.54) is 12.1 Å². The molecule has 1 heterocycles. The number of rotatable bonds is 3. The lowest BCUT2D eigenvalue weighted by atomic mass is 10.0. The lowest BCUT2D eigenvalue weighted by Crippen LogP contribution is -2.10. The molecule has 1 aromatic carbocycles. The summed E-state index contributed by atoms with van der Waals surface area (Å²) in [6.45, 7) is 0. The smallest absolute Gasteiger partial charge is 0.338 e. The molecule has 2 rings (SSSR count). The molecule has 0 atom stereocenters. The summed E-state index contributed by atoms with van der Waals surface area (Å²) in [5.74, 6) is -4.02. The molecule has 3 N–H and O–H groups in total. The van der Waals surface area contributed by atoms with E-state index >= 15 is 0 Å². The van der Waals surface area contributed by atoms with Gasteiger partial charge in [-0.2, -0.15) is 0 Å². The first-order valence-corrected chi connectivity index (χ1v) is 5.04. The van der Waals surface area contributed by atoms with Crippen LogP contribution in [0.1, 0.15) is 31.1 Å². The van der Waals surface area contributed by atoms with Gasteiger partial charge in [0.25, 0.3) is 0 Å². The standard InChI is InChI=1S/C12H7NO6/c14-10(15)6-3-5-1-2-7(11(16)17)8(12(18)19)9(5)13-4-6/h1-4H,(H,14,15)(H,16,17)(H,18,19). The van der Waals surface area contributed by atoms with Crippen molar-refractivity contribution in [2.45, 2.75) is 0 Å². The molecule has 0 radical (unpaired) electrons. The lowest BCUT2D eigenvalue weighted by Gasteiger charge is -2.06. The summed E-state index contributed by atoms with van der Waals surface area (Å²) in [5, 5.41) is 27.1. The lowest BCUT2D eigenvalue weighted by molar-refractivity contribution is 0.0653. The number of pyridine rings is 1. The fourth-order valence-corrected chi connectivity index (χ4v) is 1.71. The molecule has 0 bridgehead atoms. The molecule has 0 saturated carbocycles. The van der Waals surface area contributed by atoms with Crippen LogP contribution in [0, 0.1) is 0 Å². The molecule has 7 nitrogen and oxygen atoms in total. The number of aromatic nitrogens is 1. The number of benzene rings is 1. The SMILES string of the molecule is O=C(O)c1cnc2c(C(=O)O)c(C(=O)O)ccc2c1. The zero-order chi connectivity index (χ0) is 14.2. The van der Waals surface area contributed by atoms with Crippen LogP contribution in [0.3, 0.4) is 0 Å². The molecule has 0 aliphatic heterocycles. The maximum Gasteiger partial charge on any atom is 0.338 e. The second kappa shape index (κ2) is 4.37. The zero-order valence-electron chi connectivity index (χ0n) is 9.32. The van der Waals surface area contributed by atoms with E-state index in [9.17, 15) is 14.4 Å². The van der Waals surface area contributed by atoms with Crippen molar-refractivity contribution in [3.8, 4) is 0 Å². The second-order valence-corrected chi connectivity index (χ2v) is 3.70. The van der Waals surface area contributed by atoms with Gasteiger partial charge in [0.2, 0.25) is 0 Å². The Balaban J connectivity index is 2.83. The Morgan fingerprint density at radius 3 is 2.16 bits per heavy atom. The number of hydrogen-bond acceptors (Lipinski definition) is 4. The average molecular weight is 261 g/mol. The summed E-state index contributed by atoms with van der Waals surface area (Å²) in [5.41, 5.74) is -1.01. The van der Waals surface area contributed by atoms with Gasteiger partial charge in [-0.1, -0.05) is 6.07 Å². The maximum atomic E-state index is 11.1. The molecule has 0 saturated heterocycles. The third-order valence-electron chi connectivity index (χ3n) is 2.54. The van der Waals surface area contributed by atoms with E-state index in [0.29, 0.717) is 0 Å². The van der Waals surface area contributed by atoms with Gasteiger partial charge in [0.15, 0.2) is 0 Å². The molecule has 19 heavy (non-hydrogen) atoms. The minimum Gasteiger partial charge on any atom is -0.478 e. The van der Waals surface area contributed by atoms with E-state index in [1.807, 2.05) is 0 Å². The summed E-state index contributed by atoms with van der Waals surface area (Å²) in [7, 11) is 0. The first-order valence-electron chi connectivity index (χ1n) is 5.04. The van der Waals surface area contributed by atoms with Crippen LogP contribution < -0.4 is 0 Å². The van der Waals surface area contributed by atoms with Gasteiger partial charge in [-0.15, -0.1) is 0 Å². The van der Waals surface area contributed by atoms with Gasteiger partial charge in [0.05, 0.1) is 16.6 Å². The van der Waals surface area contributed by atoms with Gasteiger partial charge in [0, 0.05) is 11.6 Å². The molecule has 2 aromatic rings. The number of hydrogen-bond donors (Lipinski definition) is 3. The predicted molar refractivity (Wildman–Crippen MR) is 62.6 cm³/mol. The molecule has 96 valence electrons. The van der Waals surface area contributed by atoms with Crippen molar-refractivity contribution in [2.75, 3.05) is 0 Å². The van der Waals surface area contributed by atoms with E-state index < -0.39 is 29.0 Å². The monoisotopic (exact) mass is 261 g/mol. The molecule has 1 aromatic heterocycles. The van der Waals surface area contributed by atoms with E-state index in [0.717, 1.165) is 12.3 Å². The van der Waals surface area contributed by atoms with Crippen LogP contribution in [0.5, 0.6) is 0 Å². The number of carboxylic acid groups (broad SMARTS) is 3. The highest BCUT2D eigenvalue weighted by Crippen LogP contribution is 2.22. The molecule has 0 aliphatic carbocycles. The molecule has 0 fully saturated rings. The van der Waals surface area contributed by atoms with E-state index in [-0.39, 0.29) is 16.5 Å². The number of carbonyl (C=O) groups is 3. The van der Waals surface area contributed by atoms with Crippen LogP contribution in [0.2, 0.25) is 0 Å². The highest BCUT2D eigenvalue weighted by Gasteiger charge is 2.20. The zero-order valence-corrected chi connectivity index (χ0v) is 9.32. The maximum absolute atomic E-state index is 11.1. The van der Waals surface area contributed by atoms with Gasteiger partial charge in [-0.05, 0) is 12.1 Å². The Hall–Kier alpha value is -2.96. The third-order valence-corrected chi connectivity index (χ3v) is 2.54. The van der Waals surface area contributed by atoms with Gasteiger partial charge in [-0.3, -0.25) is 4.98 Å².